The van der Waals surface area contributed by atoms with Crippen LogP contribution in [-0.4, -0.2) is 21.0 Å². The zero-order chi connectivity index (χ0) is 15.0. The highest BCUT2D eigenvalue weighted by Crippen LogP contribution is 2.30. The van der Waals surface area contributed by atoms with Crippen molar-refractivity contribution in [1.82, 2.24) is 20.4 Å². The molecule has 3 aromatic rings. The van der Waals surface area contributed by atoms with Gasteiger partial charge in [0, 0.05) is 24.5 Å². The summed E-state index contributed by atoms with van der Waals surface area (Å²) in [5.74, 6) is 0.442. The van der Waals surface area contributed by atoms with Gasteiger partial charge in [0.15, 0.2) is 0 Å². The molecule has 0 radical (unpaired) electrons. The molecular weight excluding hydrogens is 290 g/mol. The highest BCUT2D eigenvalue weighted by molar-refractivity contribution is 7.21. The first-order valence-electron chi connectivity index (χ1n) is 6.27. The molecule has 1 amide bonds. The summed E-state index contributed by atoms with van der Waals surface area (Å²) in [6.07, 6.45) is 3.13. The maximum Gasteiger partial charge on any atom is 0.263 e. The van der Waals surface area contributed by atoms with E-state index in [2.05, 4.69) is 20.4 Å². The Morgan fingerprint density at radius 3 is 2.81 bits per heavy atom. The van der Waals surface area contributed by atoms with Crippen molar-refractivity contribution in [3.8, 4) is 0 Å². The monoisotopic (exact) mass is 303 g/mol. The Bertz CT molecular complexity index is 804. The van der Waals surface area contributed by atoms with Crippen molar-refractivity contribution in [2.75, 3.05) is 5.73 Å². The van der Waals surface area contributed by atoms with Gasteiger partial charge in [-0.05, 0) is 13.8 Å². The van der Waals surface area contributed by atoms with Crippen LogP contribution in [0.3, 0.4) is 0 Å². The number of nitrogens with one attached hydrogen (secondary N) is 1. The Balaban J connectivity index is 1.83. The molecule has 0 spiro atoms. The maximum atomic E-state index is 12.3. The molecule has 0 bridgehead atoms. The third kappa shape index (κ3) is 2.33. The molecule has 3 heterocycles. The van der Waals surface area contributed by atoms with E-state index in [1.807, 2.05) is 13.8 Å². The first-order chi connectivity index (χ1) is 10.1. The lowest BCUT2D eigenvalue weighted by molar-refractivity contribution is 0.0955. The van der Waals surface area contributed by atoms with Crippen LogP contribution in [0.15, 0.2) is 16.9 Å². The molecule has 3 aromatic heterocycles. The fourth-order valence-electron chi connectivity index (χ4n) is 2.02. The third-order valence-corrected chi connectivity index (χ3v) is 4.28. The molecule has 0 aromatic carbocycles. The van der Waals surface area contributed by atoms with E-state index in [0.717, 1.165) is 11.3 Å². The third-order valence-electron chi connectivity index (χ3n) is 3.18. The Hall–Kier alpha value is -2.48. The Labute approximate surface area is 124 Å². The number of aromatic nitrogens is 3. The van der Waals surface area contributed by atoms with Gasteiger partial charge in [0.2, 0.25) is 0 Å². The lowest BCUT2D eigenvalue weighted by atomic mass is 10.2. The van der Waals surface area contributed by atoms with E-state index in [1.54, 1.807) is 12.4 Å². The minimum absolute atomic E-state index is 0.252. The minimum atomic E-state index is -0.252. The number of hydrogen-bond donors (Lipinski definition) is 2. The van der Waals surface area contributed by atoms with Crippen molar-refractivity contribution in [1.29, 1.82) is 0 Å². The van der Waals surface area contributed by atoms with Crippen LogP contribution in [0.4, 0.5) is 5.69 Å². The molecule has 0 atom stereocenters. The highest BCUT2D eigenvalue weighted by atomic mass is 32.1. The van der Waals surface area contributed by atoms with Crippen molar-refractivity contribution in [2.45, 2.75) is 20.4 Å². The van der Waals surface area contributed by atoms with Gasteiger partial charge in [-0.1, -0.05) is 5.16 Å². The molecule has 0 fully saturated rings. The smallest absolute Gasteiger partial charge is 0.263 e. The number of amides is 1. The number of thiophene rings is 1. The second-order valence-corrected chi connectivity index (χ2v) is 5.54. The first kappa shape index (κ1) is 13.5. The van der Waals surface area contributed by atoms with Gasteiger partial charge in [-0.2, -0.15) is 0 Å². The Kier molecular flexibility index (Phi) is 3.30. The summed E-state index contributed by atoms with van der Waals surface area (Å²) < 4.78 is 5.06. The number of aryl methyl sites for hydroxylation is 2. The largest absolute Gasteiger partial charge is 0.396 e. The average Bonchev–Trinajstić information content (AvgIpc) is 2.98. The van der Waals surface area contributed by atoms with E-state index >= 15 is 0 Å². The maximum absolute atomic E-state index is 12.3. The summed E-state index contributed by atoms with van der Waals surface area (Å²) in [7, 11) is 0. The van der Waals surface area contributed by atoms with Crippen LogP contribution in [0.5, 0.6) is 0 Å². The van der Waals surface area contributed by atoms with Crippen LogP contribution in [0.2, 0.25) is 0 Å². The number of anilines is 1. The fourth-order valence-corrected chi connectivity index (χ4v) is 2.95. The predicted molar refractivity (Wildman–Crippen MR) is 79.0 cm³/mol. The number of fused-ring (bicyclic) bond motifs is 1. The molecule has 108 valence electrons. The fraction of sp³-hybridized carbons (Fsp3) is 0.231. The van der Waals surface area contributed by atoms with E-state index < -0.39 is 0 Å². The molecule has 0 aliphatic heterocycles. The Morgan fingerprint density at radius 2 is 2.14 bits per heavy atom. The molecule has 0 saturated carbocycles. The molecule has 3 N–H and O–H groups in total. The summed E-state index contributed by atoms with van der Waals surface area (Å²) >= 11 is 1.23. The molecule has 0 unspecified atom stereocenters. The topological polar surface area (TPSA) is 107 Å². The van der Waals surface area contributed by atoms with Gasteiger partial charge in [-0.3, -0.25) is 4.79 Å². The number of rotatable bonds is 3. The number of nitrogens with zero attached hydrogens (tertiary/aromatic N) is 3. The van der Waals surface area contributed by atoms with Gasteiger partial charge in [-0.15, -0.1) is 11.3 Å². The van der Waals surface area contributed by atoms with Crippen molar-refractivity contribution in [3.63, 3.8) is 0 Å². The van der Waals surface area contributed by atoms with E-state index in [4.69, 9.17) is 10.3 Å². The Morgan fingerprint density at radius 1 is 1.38 bits per heavy atom. The molecule has 3 rings (SSSR count). The standard InChI is InChI=1S/C13H13N5O2S/c1-6-8(7(2)20-18-6)5-17-12(19)11-9(14)10-13(21-11)16-4-3-15-10/h3-4H,5,14H2,1-2H3,(H,17,19). The highest BCUT2D eigenvalue weighted by Gasteiger charge is 2.18. The van der Waals surface area contributed by atoms with Crippen LogP contribution in [0.25, 0.3) is 10.3 Å². The number of carbonyl (C=O) groups excluding carboxylic acids is 1. The second kappa shape index (κ2) is 5.13. The molecule has 0 aliphatic rings. The van der Waals surface area contributed by atoms with Crippen LogP contribution in [-0.2, 0) is 6.54 Å². The van der Waals surface area contributed by atoms with Crippen molar-refractivity contribution in [3.05, 3.63) is 34.3 Å². The van der Waals surface area contributed by atoms with Crippen LogP contribution < -0.4 is 11.1 Å². The molecule has 8 heteroatoms. The minimum Gasteiger partial charge on any atom is -0.396 e. The summed E-state index contributed by atoms with van der Waals surface area (Å²) in [5, 5.41) is 6.67. The van der Waals surface area contributed by atoms with E-state index in [0.29, 0.717) is 33.2 Å². The molecular formula is C13H13N5O2S. The van der Waals surface area contributed by atoms with Crippen molar-refractivity contribution in [2.24, 2.45) is 0 Å². The summed E-state index contributed by atoms with van der Waals surface area (Å²) in [4.78, 5) is 21.6. The molecule has 21 heavy (non-hydrogen) atoms. The quantitative estimate of drug-likeness (QED) is 0.764. The van der Waals surface area contributed by atoms with E-state index in [1.165, 1.54) is 11.3 Å². The van der Waals surface area contributed by atoms with Gasteiger partial charge in [0.25, 0.3) is 5.91 Å². The number of nitrogen functional groups attached to an aromatic ring is 1. The average molecular weight is 303 g/mol. The van der Waals surface area contributed by atoms with Crippen LogP contribution in [0, 0.1) is 13.8 Å². The number of hydrogen-bond acceptors (Lipinski definition) is 7. The zero-order valence-corrected chi connectivity index (χ0v) is 12.3. The van der Waals surface area contributed by atoms with E-state index in [-0.39, 0.29) is 5.91 Å². The SMILES string of the molecule is Cc1noc(C)c1CNC(=O)c1sc2nccnc2c1N. The zero-order valence-electron chi connectivity index (χ0n) is 11.5. The van der Waals surface area contributed by atoms with Crippen LogP contribution in [0.1, 0.15) is 26.7 Å². The van der Waals surface area contributed by atoms with Crippen LogP contribution >= 0.6 is 11.3 Å². The van der Waals surface area contributed by atoms with Gasteiger partial charge < -0.3 is 15.6 Å². The van der Waals surface area contributed by atoms with Gasteiger partial charge in [0.1, 0.15) is 21.0 Å². The number of nitrogens with two attached hydrogens (primary N) is 1. The second-order valence-electron chi connectivity index (χ2n) is 4.54. The van der Waals surface area contributed by atoms with Crippen molar-refractivity contribution < 1.29 is 9.32 Å². The first-order valence-corrected chi connectivity index (χ1v) is 7.08. The normalized spacial score (nSPS) is 11.0. The lowest BCUT2D eigenvalue weighted by Crippen LogP contribution is -2.23. The summed E-state index contributed by atoms with van der Waals surface area (Å²) in [6.45, 7) is 3.98. The summed E-state index contributed by atoms with van der Waals surface area (Å²) in [5.41, 5.74) is 8.52. The summed E-state index contributed by atoms with van der Waals surface area (Å²) in [6, 6.07) is 0. The van der Waals surface area contributed by atoms with Gasteiger partial charge >= 0.3 is 0 Å². The number of carbonyl (C=O) groups is 1. The lowest BCUT2D eigenvalue weighted by Gasteiger charge is -2.03. The van der Waals surface area contributed by atoms with Gasteiger partial charge in [0.05, 0.1) is 11.4 Å². The molecule has 0 aliphatic carbocycles. The van der Waals surface area contributed by atoms with Gasteiger partial charge in [-0.25, -0.2) is 9.97 Å². The van der Waals surface area contributed by atoms with Crippen molar-refractivity contribution >= 4 is 33.3 Å². The van der Waals surface area contributed by atoms with E-state index in [9.17, 15) is 4.79 Å². The molecule has 7 nitrogen and oxygen atoms in total. The predicted octanol–water partition coefficient (Wildman–Crippen LogP) is 1.81. The molecule has 0 saturated heterocycles.